The van der Waals surface area contributed by atoms with Crippen molar-refractivity contribution in [1.29, 1.82) is 0 Å². The number of nitrogens with one attached hydrogen (secondary N) is 1. The van der Waals surface area contributed by atoms with E-state index in [1.165, 1.54) is 5.56 Å². The second-order valence-electron chi connectivity index (χ2n) is 5.61. The average Bonchev–Trinajstić information content (AvgIpc) is 2.56. The summed E-state index contributed by atoms with van der Waals surface area (Å²) in [5.74, 6) is 1.31. The lowest BCUT2D eigenvalue weighted by atomic mass is 10.1. The third-order valence-electron chi connectivity index (χ3n) is 3.65. The van der Waals surface area contributed by atoms with E-state index in [0.29, 0.717) is 23.7 Å². The molecule has 0 aliphatic heterocycles. The van der Waals surface area contributed by atoms with Gasteiger partial charge in [-0.1, -0.05) is 29.3 Å². The van der Waals surface area contributed by atoms with Gasteiger partial charge in [0.15, 0.2) is 6.61 Å². The highest BCUT2D eigenvalue weighted by Crippen LogP contribution is 2.21. The van der Waals surface area contributed by atoms with Crippen molar-refractivity contribution in [2.75, 3.05) is 20.3 Å². The highest BCUT2D eigenvalue weighted by Gasteiger charge is 2.06. The standard InChI is InChI=1S/C19H22ClNO3/c1-13-4-7-18(23-3)15(10-13)8-9-21-19(22)12-24-16-5-6-17(20)14(2)11-16/h4-7,10-11H,8-9,12H2,1-3H3,(H,21,22). The summed E-state index contributed by atoms with van der Waals surface area (Å²) < 4.78 is 10.8. The molecule has 0 fully saturated rings. The van der Waals surface area contributed by atoms with Crippen LogP contribution >= 0.6 is 11.6 Å². The maximum Gasteiger partial charge on any atom is 0.257 e. The Morgan fingerprint density at radius 1 is 1.17 bits per heavy atom. The number of amides is 1. The molecule has 4 nitrogen and oxygen atoms in total. The Bertz CT molecular complexity index is 716. The summed E-state index contributed by atoms with van der Waals surface area (Å²) in [6.07, 6.45) is 0.705. The molecule has 2 aromatic carbocycles. The van der Waals surface area contributed by atoms with Gasteiger partial charge >= 0.3 is 0 Å². The van der Waals surface area contributed by atoms with Crippen LogP contribution in [0.1, 0.15) is 16.7 Å². The minimum atomic E-state index is -0.158. The SMILES string of the molecule is COc1ccc(C)cc1CCNC(=O)COc1ccc(Cl)c(C)c1. The molecule has 0 heterocycles. The highest BCUT2D eigenvalue weighted by molar-refractivity contribution is 6.31. The fourth-order valence-electron chi connectivity index (χ4n) is 2.35. The van der Waals surface area contributed by atoms with Crippen molar-refractivity contribution >= 4 is 17.5 Å². The number of aryl methyl sites for hydroxylation is 2. The first-order valence-electron chi connectivity index (χ1n) is 7.79. The van der Waals surface area contributed by atoms with Gasteiger partial charge < -0.3 is 14.8 Å². The van der Waals surface area contributed by atoms with Crippen LogP contribution in [0.2, 0.25) is 5.02 Å². The van der Waals surface area contributed by atoms with Crippen molar-refractivity contribution < 1.29 is 14.3 Å². The summed E-state index contributed by atoms with van der Waals surface area (Å²) in [4.78, 5) is 11.9. The van der Waals surface area contributed by atoms with Gasteiger partial charge in [-0.25, -0.2) is 0 Å². The lowest BCUT2D eigenvalue weighted by Crippen LogP contribution is -2.30. The summed E-state index contributed by atoms with van der Waals surface area (Å²) >= 11 is 5.96. The maximum absolute atomic E-state index is 11.9. The van der Waals surface area contributed by atoms with Crippen LogP contribution < -0.4 is 14.8 Å². The Morgan fingerprint density at radius 3 is 2.67 bits per heavy atom. The van der Waals surface area contributed by atoms with Crippen LogP contribution in [0.4, 0.5) is 0 Å². The molecule has 5 heteroatoms. The number of benzene rings is 2. The molecule has 0 aliphatic rings. The number of halogens is 1. The molecule has 0 bridgehead atoms. The third-order valence-corrected chi connectivity index (χ3v) is 4.08. The third kappa shape index (κ3) is 5.17. The molecule has 0 aromatic heterocycles. The Balaban J connectivity index is 1.79. The van der Waals surface area contributed by atoms with E-state index in [-0.39, 0.29) is 12.5 Å². The summed E-state index contributed by atoms with van der Waals surface area (Å²) in [5, 5.41) is 3.53. The molecule has 0 spiro atoms. The Hall–Kier alpha value is -2.20. The van der Waals surface area contributed by atoms with Gasteiger partial charge in [0.25, 0.3) is 5.91 Å². The molecule has 0 saturated carbocycles. The Morgan fingerprint density at radius 2 is 1.96 bits per heavy atom. The van der Waals surface area contributed by atoms with E-state index in [1.54, 1.807) is 19.2 Å². The lowest BCUT2D eigenvalue weighted by molar-refractivity contribution is -0.123. The first kappa shape index (κ1) is 18.1. The van der Waals surface area contributed by atoms with Crippen LogP contribution in [0.3, 0.4) is 0 Å². The predicted octanol–water partition coefficient (Wildman–Crippen LogP) is 3.70. The van der Waals surface area contributed by atoms with Crippen molar-refractivity contribution in [2.24, 2.45) is 0 Å². The van der Waals surface area contributed by atoms with E-state index in [1.807, 2.05) is 32.0 Å². The van der Waals surface area contributed by atoms with Gasteiger partial charge in [0.05, 0.1) is 7.11 Å². The van der Waals surface area contributed by atoms with E-state index in [0.717, 1.165) is 16.9 Å². The van der Waals surface area contributed by atoms with Gasteiger partial charge in [0.1, 0.15) is 11.5 Å². The van der Waals surface area contributed by atoms with Crippen LogP contribution in [0, 0.1) is 13.8 Å². The highest BCUT2D eigenvalue weighted by atomic mass is 35.5. The minimum absolute atomic E-state index is 0.0218. The first-order chi connectivity index (χ1) is 11.5. The van der Waals surface area contributed by atoms with E-state index in [4.69, 9.17) is 21.1 Å². The summed E-state index contributed by atoms with van der Waals surface area (Å²) in [7, 11) is 1.65. The van der Waals surface area contributed by atoms with E-state index in [9.17, 15) is 4.79 Å². The summed E-state index contributed by atoms with van der Waals surface area (Å²) in [6.45, 7) is 4.43. The first-order valence-corrected chi connectivity index (χ1v) is 8.16. The number of ether oxygens (including phenoxy) is 2. The van der Waals surface area contributed by atoms with Gasteiger partial charge in [-0.3, -0.25) is 4.79 Å². The molecule has 0 unspecified atom stereocenters. The average molecular weight is 348 g/mol. The molecule has 0 saturated heterocycles. The van der Waals surface area contributed by atoms with Crippen LogP contribution in [-0.2, 0) is 11.2 Å². The molecule has 1 amide bonds. The predicted molar refractivity (Wildman–Crippen MR) is 96.1 cm³/mol. The topological polar surface area (TPSA) is 47.6 Å². The Labute approximate surface area is 147 Å². The van der Waals surface area contributed by atoms with E-state index in [2.05, 4.69) is 11.4 Å². The fraction of sp³-hybridized carbons (Fsp3) is 0.316. The molecular formula is C19H22ClNO3. The van der Waals surface area contributed by atoms with Gasteiger partial charge in [-0.2, -0.15) is 0 Å². The van der Waals surface area contributed by atoms with E-state index < -0.39 is 0 Å². The molecule has 0 aliphatic carbocycles. The van der Waals surface area contributed by atoms with Crippen molar-refractivity contribution in [3.63, 3.8) is 0 Å². The lowest BCUT2D eigenvalue weighted by Gasteiger charge is -2.11. The monoisotopic (exact) mass is 347 g/mol. The van der Waals surface area contributed by atoms with Gasteiger partial charge in [0.2, 0.25) is 0 Å². The summed E-state index contributed by atoms with van der Waals surface area (Å²) in [6, 6.07) is 11.3. The number of methoxy groups -OCH3 is 1. The molecule has 0 radical (unpaired) electrons. The maximum atomic E-state index is 11.9. The number of hydrogen-bond donors (Lipinski definition) is 1. The number of rotatable bonds is 7. The molecule has 0 atom stereocenters. The van der Waals surface area contributed by atoms with Crippen LogP contribution in [-0.4, -0.2) is 26.2 Å². The summed E-state index contributed by atoms with van der Waals surface area (Å²) in [5.41, 5.74) is 3.16. The van der Waals surface area contributed by atoms with Crippen molar-refractivity contribution in [1.82, 2.24) is 5.32 Å². The zero-order valence-corrected chi connectivity index (χ0v) is 14.9. The second kappa shape index (κ2) is 8.60. The molecule has 2 rings (SSSR count). The van der Waals surface area contributed by atoms with Gasteiger partial charge in [-0.05, 0) is 55.7 Å². The van der Waals surface area contributed by atoms with Crippen molar-refractivity contribution in [3.05, 3.63) is 58.1 Å². The van der Waals surface area contributed by atoms with E-state index >= 15 is 0 Å². The second-order valence-corrected chi connectivity index (χ2v) is 6.02. The van der Waals surface area contributed by atoms with Crippen LogP contribution in [0.25, 0.3) is 0 Å². The normalized spacial score (nSPS) is 10.3. The van der Waals surface area contributed by atoms with Crippen LogP contribution in [0.5, 0.6) is 11.5 Å². The molecule has 128 valence electrons. The minimum Gasteiger partial charge on any atom is -0.496 e. The largest absolute Gasteiger partial charge is 0.496 e. The zero-order chi connectivity index (χ0) is 17.5. The van der Waals surface area contributed by atoms with Crippen molar-refractivity contribution in [3.8, 4) is 11.5 Å². The Kier molecular flexibility index (Phi) is 6.50. The zero-order valence-electron chi connectivity index (χ0n) is 14.2. The van der Waals surface area contributed by atoms with Crippen LogP contribution in [0.15, 0.2) is 36.4 Å². The fourth-order valence-corrected chi connectivity index (χ4v) is 2.46. The molecule has 24 heavy (non-hydrogen) atoms. The van der Waals surface area contributed by atoms with Gasteiger partial charge in [0, 0.05) is 11.6 Å². The molecular weight excluding hydrogens is 326 g/mol. The number of carbonyl (C=O) groups is 1. The number of carbonyl (C=O) groups excluding carboxylic acids is 1. The smallest absolute Gasteiger partial charge is 0.257 e. The quantitative estimate of drug-likeness (QED) is 0.830. The molecule has 1 N–H and O–H groups in total. The molecule has 2 aromatic rings. The number of hydrogen-bond acceptors (Lipinski definition) is 3. The van der Waals surface area contributed by atoms with Crippen molar-refractivity contribution in [2.45, 2.75) is 20.3 Å². The van der Waals surface area contributed by atoms with Gasteiger partial charge in [-0.15, -0.1) is 0 Å².